The Morgan fingerprint density at radius 1 is 1.11 bits per heavy atom. The first kappa shape index (κ1) is 17.6. The SMILES string of the molecule is O=C1OCCN1c1ccc(C#CCNC(=O)C23CC4CC(CC(C4)C2)C3)cc1. The van der Waals surface area contributed by atoms with Crippen LogP contribution in [0.5, 0.6) is 0 Å². The Balaban J connectivity index is 1.17. The van der Waals surface area contributed by atoms with Gasteiger partial charge in [0, 0.05) is 16.7 Å². The first-order valence-corrected chi connectivity index (χ1v) is 10.4. The van der Waals surface area contributed by atoms with Crippen molar-refractivity contribution in [2.75, 3.05) is 24.6 Å². The van der Waals surface area contributed by atoms with Gasteiger partial charge in [0.2, 0.25) is 5.91 Å². The minimum absolute atomic E-state index is 0.109. The summed E-state index contributed by atoms with van der Waals surface area (Å²) in [5.41, 5.74) is 1.59. The molecule has 0 atom stereocenters. The summed E-state index contributed by atoms with van der Waals surface area (Å²) in [4.78, 5) is 26.1. The van der Waals surface area contributed by atoms with E-state index in [9.17, 15) is 9.59 Å². The summed E-state index contributed by atoms with van der Waals surface area (Å²) in [6.07, 6.45) is 6.98. The molecule has 0 spiro atoms. The van der Waals surface area contributed by atoms with E-state index in [-0.39, 0.29) is 17.4 Å². The topological polar surface area (TPSA) is 58.6 Å². The number of cyclic esters (lactones) is 1. The van der Waals surface area contributed by atoms with Crippen LogP contribution in [0.15, 0.2) is 24.3 Å². The molecule has 4 saturated carbocycles. The lowest BCUT2D eigenvalue weighted by Crippen LogP contribution is -2.53. The van der Waals surface area contributed by atoms with E-state index in [4.69, 9.17) is 4.74 Å². The highest BCUT2D eigenvalue weighted by atomic mass is 16.6. The maximum absolute atomic E-state index is 12.9. The number of hydrogen-bond acceptors (Lipinski definition) is 3. The van der Waals surface area contributed by atoms with E-state index in [1.54, 1.807) is 4.90 Å². The average Bonchev–Trinajstić information content (AvgIpc) is 3.10. The summed E-state index contributed by atoms with van der Waals surface area (Å²) in [7, 11) is 0. The first-order valence-electron chi connectivity index (χ1n) is 10.4. The highest BCUT2D eigenvalue weighted by Gasteiger charge is 2.54. The van der Waals surface area contributed by atoms with Crippen LogP contribution < -0.4 is 10.2 Å². The number of anilines is 1. The third-order valence-electron chi connectivity index (χ3n) is 7.03. The van der Waals surface area contributed by atoms with Gasteiger partial charge >= 0.3 is 6.09 Å². The van der Waals surface area contributed by atoms with Gasteiger partial charge in [-0.25, -0.2) is 4.79 Å². The Kier molecular flexibility index (Phi) is 4.30. The van der Waals surface area contributed by atoms with E-state index in [1.807, 2.05) is 24.3 Å². The third kappa shape index (κ3) is 3.15. The summed E-state index contributed by atoms with van der Waals surface area (Å²) in [5.74, 6) is 8.72. The fourth-order valence-electron chi connectivity index (χ4n) is 6.20. The van der Waals surface area contributed by atoms with E-state index in [0.29, 0.717) is 19.7 Å². The molecule has 1 saturated heterocycles. The van der Waals surface area contributed by atoms with Gasteiger partial charge in [0.05, 0.1) is 13.1 Å². The number of nitrogens with one attached hydrogen (secondary N) is 1. The molecule has 4 bridgehead atoms. The summed E-state index contributed by atoms with van der Waals surface area (Å²) in [6.45, 7) is 1.41. The predicted molar refractivity (Wildman–Crippen MR) is 106 cm³/mol. The number of amides is 2. The van der Waals surface area contributed by atoms with Crippen LogP contribution in [0.2, 0.25) is 0 Å². The zero-order chi connectivity index (χ0) is 19.1. The molecule has 1 aromatic carbocycles. The molecule has 1 N–H and O–H groups in total. The molecule has 2 amide bonds. The molecule has 5 aliphatic rings. The van der Waals surface area contributed by atoms with Crippen molar-refractivity contribution >= 4 is 17.7 Å². The van der Waals surface area contributed by atoms with Crippen molar-refractivity contribution in [2.24, 2.45) is 23.2 Å². The van der Waals surface area contributed by atoms with Gasteiger partial charge in [-0.15, -0.1) is 0 Å². The van der Waals surface area contributed by atoms with Crippen molar-refractivity contribution in [1.29, 1.82) is 0 Å². The number of hydrogen-bond donors (Lipinski definition) is 1. The minimum atomic E-state index is -0.300. The fourth-order valence-corrected chi connectivity index (χ4v) is 6.20. The molecule has 0 aromatic heterocycles. The predicted octanol–water partition coefficient (Wildman–Crippen LogP) is 3.33. The second-order valence-corrected chi connectivity index (χ2v) is 9.00. The molecular weight excluding hydrogens is 352 g/mol. The summed E-state index contributed by atoms with van der Waals surface area (Å²) in [6, 6.07) is 7.55. The van der Waals surface area contributed by atoms with Crippen molar-refractivity contribution in [2.45, 2.75) is 38.5 Å². The van der Waals surface area contributed by atoms with Crippen LogP contribution in [0.25, 0.3) is 0 Å². The van der Waals surface area contributed by atoms with Crippen molar-refractivity contribution in [1.82, 2.24) is 5.32 Å². The van der Waals surface area contributed by atoms with Crippen LogP contribution in [-0.4, -0.2) is 31.7 Å². The highest BCUT2D eigenvalue weighted by molar-refractivity contribution is 5.89. The Morgan fingerprint density at radius 3 is 2.32 bits per heavy atom. The van der Waals surface area contributed by atoms with Crippen molar-refractivity contribution in [3.8, 4) is 11.8 Å². The molecule has 0 radical (unpaired) electrons. The zero-order valence-corrected chi connectivity index (χ0v) is 16.1. The molecule has 1 aliphatic heterocycles. The summed E-state index contributed by atoms with van der Waals surface area (Å²) in [5, 5.41) is 3.09. The molecule has 28 heavy (non-hydrogen) atoms. The first-order chi connectivity index (χ1) is 13.6. The van der Waals surface area contributed by atoms with Crippen LogP contribution in [0.3, 0.4) is 0 Å². The van der Waals surface area contributed by atoms with Gasteiger partial charge in [-0.1, -0.05) is 11.8 Å². The van der Waals surface area contributed by atoms with E-state index in [1.165, 1.54) is 19.3 Å². The normalized spacial score (nSPS) is 32.6. The van der Waals surface area contributed by atoms with Gasteiger partial charge in [0.1, 0.15) is 6.61 Å². The number of rotatable bonds is 3. The van der Waals surface area contributed by atoms with Crippen LogP contribution in [-0.2, 0) is 9.53 Å². The second-order valence-electron chi connectivity index (χ2n) is 9.00. The Hall–Kier alpha value is -2.48. The lowest BCUT2D eigenvalue weighted by Gasteiger charge is -2.55. The lowest BCUT2D eigenvalue weighted by molar-refractivity contribution is -0.145. The molecule has 5 fully saturated rings. The number of ether oxygens (including phenoxy) is 1. The van der Waals surface area contributed by atoms with E-state index >= 15 is 0 Å². The number of carbonyl (C=O) groups excluding carboxylic acids is 2. The van der Waals surface area contributed by atoms with E-state index < -0.39 is 0 Å². The van der Waals surface area contributed by atoms with Crippen LogP contribution in [0, 0.1) is 35.0 Å². The molecular formula is C23H26N2O3. The van der Waals surface area contributed by atoms with Gasteiger partial charge in [-0.3, -0.25) is 9.69 Å². The fraction of sp³-hybridized carbons (Fsp3) is 0.565. The van der Waals surface area contributed by atoms with Gasteiger partial charge < -0.3 is 10.1 Å². The molecule has 4 aliphatic carbocycles. The Labute approximate surface area is 165 Å². The van der Waals surface area contributed by atoms with Gasteiger partial charge in [-0.05, 0) is 80.5 Å². The van der Waals surface area contributed by atoms with Crippen LogP contribution in [0.1, 0.15) is 44.1 Å². The van der Waals surface area contributed by atoms with Gasteiger partial charge in [-0.2, -0.15) is 0 Å². The van der Waals surface area contributed by atoms with Crippen molar-refractivity contribution < 1.29 is 14.3 Å². The second kappa shape index (κ2) is 6.84. The lowest BCUT2D eigenvalue weighted by atomic mass is 9.49. The number of nitrogens with zero attached hydrogens (tertiary/aromatic N) is 1. The number of carbonyl (C=O) groups is 2. The van der Waals surface area contributed by atoms with Crippen molar-refractivity contribution in [3.05, 3.63) is 29.8 Å². The van der Waals surface area contributed by atoms with Gasteiger partial charge in [0.25, 0.3) is 0 Å². The van der Waals surface area contributed by atoms with Crippen LogP contribution >= 0.6 is 0 Å². The van der Waals surface area contributed by atoms with Gasteiger partial charge in [0.15, 0.2) is 0 Å². The Morgan fingerprint density at radius 2 is 1.75 bits per heavy atom. The molecule has 6 rings (SSSR count). The average molecular weight is 378 g/mol. The molecule has 5 nitrogen and oxygen atoms in total. The summed E-state index contributed by atoms with van der Waals surface area (Å²) < 4.78 is 4.96. The molecule has 0 unspecified atom stereocenters. The molecule has 1 aromatic rings. The molecule has 1 heterocycles. The summed E-state index contributed by atoms with van der Waals surface area (Å²) >= 11 is 0. The van der Waals surface area contributed by atoms with E-state index in [0.717, 1.165) is 48.3 Å². The molecule has 5 heteroatoms. The van der Waals surface area contributed by atoms with E-state index in [2.05, 4.69) is 17.2 Å². The minimum Gasteiger partial charge on any atom is -0.447 e. The standard InChI is InChI=1S/C23H26N2O3/c26-21(23-13-17-10-18(14-23)12-19(11-17)15-23)24-7-1-2-16-3-5-20(6-4-16)25-8-9-28-22(25)27/h3-6,17-19H,7-15H2,(H,24,26). The quantitative estimate of drug-likeness (QED) is 0.821. The van der Waals surface area contributed by atoms with Crippen molar-refractivity contribution in [3.63, 3.8) is 0 Å². The smallest absolute Gasteiger partial charge is 0.414 e. The zero-order valence-electron chi connectivity index (χ0n) is 16.1. The monoisotopic (exact) mass is 378 g/mol. The van der Waals surface area contributed by atoms with Crippen LogP contribution in [0.4, 0.5) is 10.5 Å². The maximum Gasteiger partial charge on any atom is 0.414 e. The third-order valence-corrected chi connectivity index (χ3v) is 7.03. The molecule has 146 valence electrons. The number of benzene rings is 1. The largest absolute Gasteiger partial charge is 0.447 e. The highest BCUT2D eigenvalue weighted by Crippen LogP contribution is 2.60. The maximum atomic E-state index is 12.9. The Bertz CT molecular complexity index is 814.